The van der Waals surface area contributed by atoms with Crippen molar-refractivity contribution in [1.82, 2.24) is 9.88 Å². The van der Waals surface area contributed by atoms with Crippen LogP contribution in [-0.4, -0.2) is 49.7 Å². The maximum Gasteiger partial charge on any atom is 0.285 e. The fraction of sp³-hybridized carbons (Fsp3) is 0.318. The number of rotatable bonds is 3. The maximum atomic E-state index is 13.4. The van der Waals surface area contributed by atoms with Gasteiger partial charge in [-0.15, -0.1) is 4.40 Å². The smallest absolute Gasteiger partial charge is 0.285 e. The number of hydrogen-bond donors (Lipinski definition) is 0. The molecule has 3 aromatic rings. The Balaban J connectivity index is 1.40. The third-order valence-electron chi connectivity index (χ3n) is 5.78. The number of carbonyl (C=O) groups excluding carboxylic acids is 1. The summed E-state index contributed by atoms with van der Waals surface area (Å²) < 4.78 is 30.0. The van der Waals surface area contributed by atoms with Crippen molar-refractivity contribution in [3.8, 4) is 0 Å². The molecule has 0 bridgehead atoms. The van der Waals surface area contributed by atoms with Crippen molar-refractivity contribution in [2.45, 2.75) is 24.7 Å². The Morgan fingerprint density at radius 3 is 2.77 bits per heavy atom. The van der Waals surface area contributed by atoms with Gasteiger partial charge in [0.25, 0.3) is 10.0 Å². The van der Waals surface area contributed by atoms with Gasteiger partial charge in [0, 0.05) is 25.2 Å². The van der Waals surface area contributed by atoms with E-state index in [0.717, 1.165) is 23.1 Å². The van der Waals surface area contributed by atoms with Crippen LogP contribution in [-0.2, 0) is 14.8 Å². The van der Waals surface area contributed by atoms with Crippen LogP contribution in [0, 0.1) is 5.92 Å². The van der Waals surface area contributed by atoms with E-state index in [2.05, 4.69) is 9.38 Å². The van der Waals surface area contributed by atoms with E-state index in [4.69, 9.17) is 0 Å². The molecule has 31 heavy (non-hydrogen) atoms. The van der Waals surface area contributed by atoms with Crippen LogP contribution >= 0.6 is 11.3 Å². The molecule has 9 heteroatoms. The summed E-state index contributed by atoms with van der Waals surface area (Å²) in [7, 11) is -3.68. The van der Waals surface area contributed by atoms with E-state index in [1.165, 1.54) is 11.3 Å². The molecule has 1 amide bonds. The standard InChI is InChI=1S/C22H22N4O3S2/c1-2-26(22-23-17-10-4-5-11-18(17)30-22)21(27)15-8-7-13-25(14-15)20-16-9-3-6-12-19(16)31(28,29)24-20/h3-6,9-12,15H,2,7-8,13-14H2,1H3. The fourth-order valence-corrected chi connectivity index (χ4v) is 6.53. The number of nitrogens with zero attached hydrogens (tertiary/aromatic N) is 4. The Morgan fingerprint density at radius 1 is 1.19 bits per heavy atom. The fourth-order valence-electron chi connectivity index (χ4n) is 4.27. The molecule has 1 unspecified atom stereocenters. The van der Waals surface area contributed by atoms with Crippen LogP contribution < -0.4 is 4.90 Å². The highest BCUT2D eigenvalue weighted by Gasteiger charge is 2.36. The Hall–Kier alpha value is -2.78. The second-order valence-corrected chi connectivity index (χ2v) is 10.3. The zero-order chi connectivity index (χ0) is 21.6. The minimum atomic E-state index is -3.68. The van der Waals surface area contributed by atoms with Gasteiger partial charge in [-0.25, -0.2) is 4.98 Å². The van der Waals surface area contributed by atoms with E-state index in [-0.39, 0.29) is 16.7 Å². The summed E-state index contributed by atoms with van der Waals surface area (Å²) in [6.07, 6.45) is 1.56. The molecule has 0 saturated carbocycles. The van der Waals surface area contributed by atoms with E-state index in [0.29, 0.717) is 36.2 Å². The number of carbonyl (C=O) groups is 1. The molecule has 2 aliphatic heterocycles. The quantitative estimate of drug-likeness (QED) is 0.605. The Kier molecular flexibility index (Phi) is 5.02. The number of benzene rings is 2. The first-order valence-electron chi connectivity index (χ1n) is 10.3. The van der Waals surface area contributed by atoms with Crippen molar-refractivity contribution in [2.24, 2.45) is 10.3 Å². The molecule has 1 atom stereocenters. The first kappa shape index (κ1) is 20.1. The summed E-state index contributed by atoms with van der Waals surface area (Å²) >= 11 is 1.52. The van der Waals surface area contributed by atoms with E-state index in [9.17, 15) is 13.2 Å². The van der Waals surface area contributed by atoms with Crippen LogP contribution in [0.1, 0.15) is 25.3 Å². The summed E-state index contributed by atoms with van der Waals surface area (Å²) in [6, 6.07) is 14.7. The SMILES string of the molecule is CCN(C(=O)C1CCCN(C2=NS(=O)(=O)c3ccccc32)C1)c1nc2ccccc2s1. The lowest BCUT2D eigenvalue weighted by Gasteiger charge is -2.35. The maximum absolute atomic E-state index is 13.4. The molecule has 2 aromatic carbocycles. The summed E-state index contributed by atoms with van der Waals surface area (Å²) in [5, 5.41) is 0.706. The number of sulfonamides is 1. The lowest BCUT2D eigenvalue weighted by Crippen LogP contribution is -2.47. The summed E-state index contributed by atoms with van der Waals surface area (Å²) in [5.74, 6) is 0.246. The number of piperidine rings is 1. The van der Waals surface area contributed by atoms with Crippen LogP contribution in [0.4, 0.5) is 5.13 Å². The van der Waals surface area contributed by atoms with Gasteiger partial charge in [0.1, 0.15) is 4.90 Å². The molecule has 0 aliphatic carbocycles. The zero-order valence-electron chi connectivity index (χ0n) is 17.1. The molecule has 7 nitrogen and oxygen atoms in total. The molecule has 1 fully saturated rings. The molecule has 0 spiro atoms. The van der Waals surface area contributed by atoms with Crippen molar-refractivity contribution in [3.63, 3.8) is 0 Å². The number of fused-ring (bicyclic) bond motifs is 2. The normalized spacial score (nSPS) is 19.8. The number of amides is 1. The predicted octanol–water partition coefficient (Wildman–Crippen LogP) is 3.51. The first-order chi connectivity index (χ1) is 15.0. The number of thiazole rings is 1. The number of para-hydroxylation sites is 1. The Labute approximate surface area is 185 Å². The van der Waals surface area contributed by atoms with Crippen molar-refractivity contribution in [1.29, 1.82) is 0 Å². The Bertz CT molecular complexity index is 1270. The Morgan fingerprint density at radius 2 is 1.97 bits per heavy atom. The van der Waals surface area contributed by atoms with Crippen molar-refractivity contribution in [3.05, 3.63) is 54.1 Å². The minimum Gasteiger partial charge on any atom is -0.355 e. The molecular weight excluding hydrogens is 432 g/mol. The van der Waals surface area contributed by atoms with Gasteiger partial charge in [-0.3, -0.25) is 9.69 Å². The zero-order valence-corrected chi connectivity index (χ0v) is 18.7. The molecule has 0 radical (unpaired) electrons. The van der Waals surface area contributed by atoms with Gasteiger partial charge in [-0.05, 0) is 44.0 Å². The topological polar surface area (TPSA) is 82.9 Å². The van der Waals surface area contributed by atoms with Gasteiger partial charge in [-0.2, -0.15) is 8.42 Å². The third-order valence-corrected chi connectivity index (χ3v) is 8.16. The molecule has 3 heterocycles. The average Bonchev–Trinajstić information content (AvgIpc) is 3.33. The van der Waals surface area contributed by atoms with Gasteiger partial charge in [0.2, 0.25) is 5.91 Å². The lowest BCUT2D eigenvalue weighted by atomic mass is 9.96. The van der Waals surface area contributed by atoms with E-state index >= 15 is 0 Å². The number of amidine groups is 1. The van der Waals surface area contributed by atoms with Gasteiger partial charge >= 0.3 is 0 Å². The van der Waals surface area contributed by atoms with Crippen molar-refractivity contribution >= 4 is 48.5 Å². The highest BCUT2D eigenvalue weighted by molar-refractivity contribution is 7.90. The number of likely N-dealkylation sites (tertiary alicyclic amines) is 1. The second-order valence-electron chi connectivity index (χ2n) is 7.72. The summed E-state index contributed by atoms with van der Waals surface area (Å²) in [5.41, 5.74) is 1.51. The van der Waals surface area contributed by atoms with Crippen LogP contribution in [0.3, 0.4) is 0 Å². The second kappa shape index (κ2) is 7.72. The van der Waals surface area contributed by atoms with E-state index in [1.54, 1.807) is 23.1 Å². The number of hydrogen-bond acceptors (Lipinski definition) is 6. The van der Waals surface area contributed by atoms with Crippen molar-refractivity contribution < 1.29 is 13.2 Å². The van der Waals surface area contributed by atoms with Gasteiger partial charge in [-0.1, -0.05) is 35.6 Å². The molecule has 2 aliphatic rings. The molecule has 0 N–H and O–H groups in total. The summed E-state index contributed by atoms with van der Waals surface area (Å²) in [4.78, 5) is 22.0. The third kappa shape index (κ3) is 3.51. The molecular formula is C22H22N4O3S2. The van der Waals surface area contributed by atoms with Crippen LogP contribution in [0.15, 0.2) is 57.8 Å². The number of aromatic nitrogens is 1. The number of anilines is 1. The highest BCUT2D eigenvalue weighted by atomic mass is 32.2. The van der Waals surface area contributed by atoms with Gasteiger partial charge in [0.15, 0.2) is 11.0 Å². The first-order valence-corrected chi connectivity index (χ1v) is 12.6. The minimum absolute atomic E-state index is 0.0287. The van der Waals surface area contributed by atoms with Crippen LogP contribution in [0.5, 0.6) is 0 Å². The van der Waals surface area contributed by atoms with Crippen LogP contribution in [0.25, 0.3) is 10.2 Å². The molecule has 5 rings (SSSR count). The molecule has 1 aromatic heterocycles. The van der Waals surface area contributed by atoms with E-state index in [1.807, 2.05) is 42.2 Å². The van der Waals surface area contributed by atoms with E-state index < -0.39 is 10.0 Å². The lowest BCUT2D eigenvalue weighted by molar-refractivity contribution is -0.123. The largest absolute Gasteiger partial charge is 0.355 e. The van der Waals surface area contributed by atoms with Gasteiger partial charge < -0.3 is 4.90 Å². The molecule has 1 saturated heterocycles. The molecule has 160 valence electrons. The predicted molar refractivity (Wildman–Crippen MR) is 122 cm³/mol. The highest BCUT2D eigenvalue weighted by Crippen LogP contribution is 2.32. The monoisotopic (exact) mass is 454 g/mol. The summed E-state index contributed by atoms with van der Waals surface area (Å²) in [6.45, 7) is 3.62. The van der Waals surface area contributed by atoms with Gasteiger partial charge in [0.05, 0.1) is 16.1 Å². The van der Waals surface area contributed by atoms with Crippen LogP contribution in [0.2, 0.25) is 0 Å². The average molecular weight is 455 g/mol. The van der Waals surface area contributed by atoms with Crippen molar-refractivity contribution in [2.75, 3.05) is 24.5 Å².